The van der Waals surface area contributed by atoms with E-state index in [0.717, 1.165) is 28.3 Å². The fourth-order valence-corrected chi connectivity index (χ4v) is 4.71. The molecule has 1 aromatic carbocycles. The third kappa shape index (κ3) is 4.18. The maximum atomic E-state index is 12.9. The fraction of sp³-hybridized carbons (Fsp3) is 0.440. The predicted molar refractivity (Wildman–Crippen MR) is 125 cm³/mol. The zero-order valence-electron chi connectivity index (χ0n) is 19.8. The Hall–Kier alpha value is -3.62. The number of nitrogens with zero attached hydrogens (tertiary/aromatic N) is 5. The van der Waals surface area contributed by atoms with Gasteiger partial charge in [0.1, 0.15) is 6.61 Å². The van der Waals surface area contributed by atoms with Gasteiger partial charge in [-0.3, -0.25) is 9.59 Å². The Morgan fingerprint density at radius 1 is 1.03 bits per heavy atom. The maximum Gasteiger partial charge on any atom is 0.267 e. The maximum absolute atomic E-state index is 12.9. The lowest BCUT2D eigenvalue weighted by molar-refractivity contribution is -0.146. The van der Waals surface area contributed by atoms with Crippen LogP contribution in [-0.2, 0) is 16.0 Å². The van der Waals surface area contributed by atoms with Gasteiger partial charge in [-0.05, 0) is 44.9 Å². The minimum Gasteiger partial charge on any atom is -0.485 e. The standard InChI is InChI=1S/C25H29N5O4/c1-16-14-23-26-17(2)19(18(3)30(23)27-16)8-9-24(31)28-10-12-29(13-11-28)25(32)22-15-33-20-6-4-5-7-21(20)34-22/h4-7,14,22H,8-13,15H2,1-3H3/t22-/m1/s1. The number of para-hydroxylation sites is 2. The van der Waals surface area contributed by atoms with E-state index in [4.69, 9.17) is 9.47 Å². The van der Waals surface area contributed by atoms with Crippen LogP contribution in [0.1, 0.15) is 29.1 Å². The molecule has 0 saturated carbocycles. The first-order valence-corrected chi connectivity index (χ1v) is 11.7. The highest BCUT2D eigenvalue weighted by Gasteiger charge is 2.33. The van der Waals surface area contributed by atoms with Gasteiger partial charge in [0.25, 0.3) is 5.91 Å². The van der Waals surface area contributed by atoms with Crippen LogP contribution in [-0.4, -0.2) is 75.1 Å². The number of fused-ring (bicyclic) bond motifs is 2. The second kappa shape index (κ2) is 8.96. The Balaban J connectivity index is 1.15. The zero-order valence-corrected chi connectivity index (χ0v) is 19.8. The van der Waals surface area contributed by atoms with Crippen LogP contribution < -0.4 is 9.47 Å². The molecule has 0 radical (unpaired) electrons. The van der Waals surface area contributed by atoms with Gasteiger partial charge in [0.05, 0.1) is 5.69 Å². The van der Waals surface area contributed by atoms with Crippen molar-refractivity contribution in [3.63, 3.8) is 0 Å². The molecule has 9 heteroatoms. The molecule has 1 fully saturated rings. The molecular formula is C25H29N5O4. The molecule has 4 heterocycles. The Bertz CT molecular complexity index is 1250. The Morgan fingerprint density at radius 2 is 1.74 bits per heavy atom. The number of benzene rings is 1. The van der Waals surface area contributed by atoms with Crippen molar-refractivity contribution >= 4 is 17.5 Å². The molecule has 1 saturated heterocycles. The van der Waals surface area contributed by atoms with Gasteiger partial charge in [-0.15, -0.1) is 0 Å². The van der Waals surface area contributed by atoms with Crippen molar-refractivity contribution in [3.05, 3.63) is 53.0 Å². The number of ether oxygens (including phenoxy) is 2. The van der Waals surface area contributed by atoms with Crippen LogP contribution >= 0.6 is 0 Å². The zero-order chi connectivity index (χ0) is 23.8. The molecule has 0 N–H and O–H groups in total. The van der Waals surface area contributed by atoms with Crippen molar-refractivity contribution in [3.8, 4) is 11.5 Å². The molecule has 178 valence electrons. The summed E-state index contributed by atoms with van der Waals surface area (Å²) in [5.74, 6) is 1.24. The summed E-state index contributed by atoms with van der Waals surface area (Å²) in [4.78, 5) is 34.1. The first kappa shape index (κ1) is 22.2. The number of hydrogen-bond acceptors (Lipinski definition) is 6. The summed E-state index contributed by atoms with van der Waals surface area (Å²) in [5, 5.41) is 4.51. The molecule has 34 heavy (non-hydrogen) atoms. The number of carbonyl (C=O) groups is 2. The van der Waals surface area contributed by atoms with Crippen molar-refractivity contribution < 1.29 is 19.1 Å². The number of piperazine rings is 1. The van der Waals surface area contributed by atoms with Crippen molar-refractivity contribution in [1.82, 2.24) is 24.4 Å². The van der Waals surface area contributed by atoms with Crippen LogP contribution in [0.4, 0.5) is 0 Å². The molecule has 2 aliphatic heterocycles. The monoisotopic (exact) mass is 463 g/mol. The molecule has 0 unspecified atom stereocenters. The number of rotatable bonds is 4. The number of aryl methyl sites for hydroxylation is 3. The normalized spacial score (nSPS) is 17.8. The van der Waals surface area contributed by atoms with E-state index in [9.17, 15) is 9.59 Å². The predicted octanol–water partition coefficient (Wildman–Crippen LogP) is 2.10. The molecule has 2 amide bonds. The topological polar surface area (TPSA) is 89.3 Å². The second-order valence-electron chi connectivity index (χ2n) is 8.89. The summed E-state index contributed by atoms with van der Waals surface area (Å²) >= 11 is 0. The summed E-state index contributed by atoms with van der Waals surface area (Å²) in [7, 11) is 0. The van der Waals surface area contributed by atoms with E-state index in [1.807, 2.05) is 54.5 Å². The van der Waals surface area contributed by atoms with Gasteiger partial charge in [-0.25, -0.2) is 9.50 Å². The highest BCUT2D eigenvalue weighted by atomic mass is 16.6. The molecule has 1 atom stereocenters. The van der Waals surface area contributed by atoms with Crippen LogP contribution in [0.5, 0.6) is 11.5 Å². The lowest BCUT2D eigenvalue weighted by atomic mass is 10.1. The van der Waals surface area contributed by atoms with Gasteiger partial charge in [0, 0.05) is 50.1 Å². The van der Waals surface area contributed by atoms with Crippen LogP contribution in [0.25, 0.3) is 5.65 Å². The summed E-state index contributed by atoms with van der Waals surface area (Å²) in [5.41, 5.74) is 4.77. The molecule has 0 aliphatic carbocycles. The Kier molecular flexibility index (Phi) is 5.85. The van der Waals surface area contributed by atoms with E-state index in [1.54, 1.807) is 11.0 Å². The SMILES string of the molecule is Cc1cc2nc(C)c(CCC(=O)N3CCN(C(=O)[C@H]4COc5ccccc5O4)CC3)c(C)n2n1. The molecule has 3 aromatic rings. The second-order valence-corrected chi connectivity index (χ2v) is 8.89. The van der Waals surface area contributed by atoms with Gasteiger partial charge < -0.3 is 19.3 Å². The smallest absolute Gasteiger partial charge is 0.267 e. The van der Waals surface area contributed by atoms with E-state index in [-0.39, 0.29) is 18.4 Å². The molecule has 5 rings (SSSR count). The minimum atomic E-state index is -0.656. The van der Waals surface area contributed by atoms with Gasteiger partial charge in [-0.2, -0.15) is 5.10 Å². The van der Waals surface area contributed by atoms with Gasteiger partial charge in [-0.1, -0.05) is 12.1 Å². The summed E-state index contributed by atoms with van der Waals surface area (Å²) in [6.45, 7) is 8.16. The van der Waals surface area contributed by atoms with E-state index in [1.165, 1.54) is 0 Å². The van der Waals surface area contributed by atoms with E-state index in [0.29, 0.717) is 50.5 Å². The fourth-order valence-electron chi connectivity index (χ4n) is 4.71. The highest BCUT2D eigenvalue weighted by molar-refractivity contribution is 5.82. The van der Waals surface area contributed by atoms with Crippen LogP contribution in [0.15, 0.2) is 30.3 Å². The molecule has 0 spiro atoms. The largest absolute Gasteiger partial charge is 0.485 e. The van der Waals surface area contributed by atoms with Crippen molar-refractivity contribution in [2.75, 3.05) is 32.8 Å². The number of aromatic nitrogens is 3. The van der Waals surface area contributed by atoms with Crippen molar-refractivity contribution in [2.24, 2.45) is 0 Å². The summed E-state index contributed by atoms with van der Waals surface area (Å²) in [6, 6.07) is 9.31. The first-order valence-electron chi connectivity index (χ1n) is 11.7. The molecular weight excluding hydrogens is 434 g/mol. The first-order chi connectivity index (χ1) is 16.4. The third-order valence-corrected chi connectivity index (χ3v) is 6.60. The number of hydrogen-bond donors (Lipinski definition) is 0. The molecule has 2 aromatic heterocycles. The Labute approximate surface area is 198 Å². The highest BCUT2D eigenvalue weighted by Crippen LogP contribution is 2.31. The Morgan fingerprint density at radius 3 is 2.50 bits per heavy atom. The van der Waals surface area contributed by atoms with Crippen LogP contribution in [0.3, 0.4) is 0 Å². The van der Waals surface area contributed by atoms with Crippen molar-refractivity contribution in [2.45, 2.75) is 39.7 Å². The average Bonchev–Trinajstić information content (AvgIpc) is 3.23. The van der Waals surface area contributed by atoms with Crippen LogP contribution in [0, 0.1) is 20.8 Å². The molecule has 9 nitrogen and oxygen atoms in total. The van der Waals surface area contributed by atoms with Gasteiger partial charge >= 0.3 is 0 Å². The summed E-state index contributed by atoms with van der Waals surface area (Å²) < 4.78 is 13.4. The van der Waals surface area contributed by atoms with Crippen molar-refractivity contribution in [1.29, 1.82) is 0 Å². The third-order valence-electron chi connectivity index (χ3n) is 6.60. The molecule has 2 aliphatic rings. The van der Waals surface area contributed by atoms with Gasteiger partial charge in [0.2, 0.25) is 12.0 Å². The average molecular weight is 464 g/mol. The molecule has 0 bridgehead atoms. The lowest BCUT2D eigenvalue weighted by Crippen LogP contribution is -2.55. The number of carbonyl (C=O) groups excluding carboxylic acids is 2. The van der Waals surface area contributed by atoms with Crippen LogP contribution in [0.2, 0.25) is 0 Å². The van der Waals surface area contributed by atoms with Gasteiger partial charge in [0.15, 0.2) is 17.1 Å². The quantitative estimate of drug-likeness (QED) is 0.589. The number of amides is 2. The minimum absolute atomic E-state index is 0.0915. The summed E-state index contributed by atoms with van der Waals surface area (Å²) in [6.07, 6.45) is 0.361. The van der Waals surface area contributed by atoms with E-state index < -0.39 is 6.10 Å². The van der Waals surface area contributed by atoms with E-state index in [2.05, 4.69) is 10.1 Å². The lowest BCUT2D eigenvalue weighted by Gasteiger charge is -2.37. The van der Waals surface area contributed by atoms with E-state index >= 15 is 0 Å².